The van der Waals surface area contributed by atoms with Gasteiger partial charge in [-0.05, 0) is 125 Å². The largest absolute Gasteiger partial charge is 0.524 e. The van der Waals surface area contributed by atoms with Crippen LogP contribution in [0, 0.1) is 52.6 Å². The molecule has 2 aromatic heterocycles. The van der Waals surface area contributed by atoms with Crippen LogP contribution in [0.15, 0.2) is 91.4 Å². The van der Waals surface area contributed by atoms with E-state index >= 15 is 44.7 Å². The zero-order valence-electron chi connectivity index (χ0n) is 62.5. The van der Waals surface area contributed by atoms with Gasteiger partial charge in [-0.15, -0.1) is 0 Å². The van der Waals surface area contributed by atoms with Crippen molar-refractivity contribution in [2.75, 3.05) is 57.3 Å². The summed E-state index contributed by atoms with van der Waals surface area (Å²) in [7, 11) is -4.17. The number of esters is 1. The molecule has 3 fully saturated rings. The van der Waals surface area contributed by atoms with Gasteiger partial charge in [0, 0.05) is 83.7 Å². The number of hydrogen-bond acceptors (Lipinski definition) is 20. The molecular formula is C74H80F10N13O16P. The summed E-state index contributed by atoms with van der Waals surface area (Å²) in [6.07, 6.45) is -13.2. The lowest BCUT2D eigenvalue weighted by atomic mass is 9.77. The number of nitrogens with zero attached hydrogens (tertiary/aromatic N) is 8. The van der Waals surface area contributed by atoms with Crippen molar-refractivity contribution in [3.05, 3.63) is 153 Å². The Morgan fingerprint density at radius 1 is 0.754 bits per heavy atom. The van der Waals surface area contributed by atoms with Crippen molar-refractivity contribution in [3.63, 3.8) is 0 Å². The molecule has 3 aliphatic rings. The van der Waals surface area contributed by atoms with Gasteiger partial charge in [-0.2, -0.15) is 45.5 Å². The number of anilines is 2. The molecule has 0 saturated carbocycles. The van der Waals surface area contributed by atoms with E-state index in [0.29, 0.717) is 108 Å². The topological polar surface area (TPSA) is 381 Å². The summed E-state index contributed by atoms with van der Waals surface area (Å²) in [5.41, 5.74) is -8.98. The van der Waals surface area contributed by atoms with Crippen molar-refractivity contribution in [2.45, 2.75) is 154 Å². The molecule has 6 aromatic rings. The second-order valence-corrected chi connectivity index (χ2v) is 30.3. The van der Waals surface area contributed by atoms with E-state index in [4.69, 9.17) is 14.0 Å². The molecule has 5 heterocycles. The number of ether oxygens (including phenoxy) is 4. The minimum absolute atomic E-state index is 0.0681. The van der Waals surface area contributed by atoms with Crippen LogP contribution in [-0.2, 0) is 67.5 Å². The summed E-state index contributed by atoms with van der Waals surface area (Å²) in [6, 6.07) is 8.37. The number of aromatic nitrogens is 4. The lowest BCUT2D eigenvalue weighted by molar-refractivity contribution is -0.221. The molecule has 0 spiro atoms. The zero-order chi connectivity index (χ0) is 83.9. The first-order chi connectivity index (χ1) is 53.3. The lowest BCUT2D eigenvalue weighted by Crippen LogP contribution is -2.64. The van der Waals surface area contributed by atoms with Crippen molar-refractivity contribution in [1.29, 1.82) is 5.26 Å². The van der Waals surface area contributed by atoms with Gasteiger partial charge in [-0.3, -0.25) is 39.3 Å². The summed E-state index contributed by atoms with van der Waals surface area (Å²) in [4.78, 5) is 132. The second-order valence-electron chi connectivity index (χ2n) is 29.2. The van der Waals surface area contributed by atoms with Gasteiger partial charge in [0.25, 0.3) is 5.91 Å². The molecule has 40 heteroatoms. The van der Waals surface area contributed by atoms with Crippen LogP contribution in [0.2, 0.25) is 0 Å². The molecule has 3 aliphatic heterocycles. The molecule has 29 nitrogen and oxygen atoms in total. The van der Waals surface area contributed by atoms with E-state index in [2.05, 4.69) is 62.2 Å². The smallest absolute Gasteiger partial charge is 0.478 e. The van der Waals surface area contributed by atoms with E-state index in [1.807, 2.05) is 5.32 Å². The van der Waals surface area contributed by atoms with E-state index in [9.17, 15) is 57.5 Å². The number of phosphoric acid groups is 1. The van der Waals surface area contributed by atoms with Crippen molar-refractivity contribution < 1.29 is 120 Å². The fourth-order valence-electron chi connectivity index (χ4n) is 13.5. The number of carboxylic acid groups (broad SMARTS) is 1. The van der Waals surface area contributed by atoms with Gasteiger partial charge in [-0.25, -0.2) is 47.4 Å². The lowest BCUT2D eigenvalue weighted by Gasteiger charge is -2.47. The van der Waals surface area contributed by atoms with Crippen LogP contribution in [-0.4, -0.2) is 188 Å². The Kier molecular flexibility index (Phi) is 26.9. The minimum atomic E-state index is -5.63. The van der Waals surface area contributed by atoms with Crippen LogP contribution in [0.5, 0.6) is 5.75 Å². The number of phosphoric ester groups is 1. The van der Waals surface area contributed by atoms with E-state index in [0.717, 1.165) is 56.5 Å². The van der Waals surface area contributed by atoms with Crippen molar-refractivity contribution in [1.82, 2.24) is 51.0 Å². The maximum Gasteiger partial charge on any atom is 0.524 e. The molecule has 2 bridgehead atoms. The molecule has 4 aromatic carbocycles. The highest BCUT2D eigenvalue weighted by atomic mass is 31.2. The third kappa shape index (κ3) is 21.3. The number of fused-ring (bicyclic) bond motifs is 2. The van der Waals surface area contributed by atoms with E-state index in [1.54, 1.807) is 11.4 Å². The molecular weight excluding hydrogens is 1550 g/mol. The summed E-state index contributed by atoms with van der Waals surface area (Å²) in [5.74, 6) is -5.00. The van der Waals surface area contributed by atoms with Crippen LogP contribution >= 0.6 is 7.82 Å². The number of carboxylic acids is 1. The number of nitrogens with one attached hydrogen (secondary N) is 5. The number of methoxy groups -OCH3 is 2. The number of carbonyl (C=O) groups is 7. The maximum atomic E-state index is 16.9. The minimum Gasteiger partial charge on any atom is -0.478 e. The quantitative estimate of drug-likeness (QED) is 0.00541. The maximum absolute atomic E-state index is 16.9. The Hall–Kier alpha value is -11.0. The fourth-order valence-corrected chi connectivity index (χ4v) is 13.9. The van der Waals surface area contributed by atoms with Gasteiger partial charge in [0.05, 0.1) is 98.2 Å². The molecule has 6 atom stereocenters. The molecule has 3 saturated heterocycles. The summed E-state index contributed by atoms with van der Waals surface area (Å²) in [6.45, 7) is 2.57. The number of halogens is 10. The number of nitriles is 1. The van der Waals surface area contributed by atoms with E-state index in [-0.39, 0.29) is 43.7 Å². The monoisotopic (exact) mass is 1630 g/mol. The third-order valence-corrected chi connectivity index (χ3v) is 20.1. The van der Waals surface area contributed by atoms with Crippen LogP contribution in [0.1, 0.15) is 122 Å². The number of aromatic carboxylic acids is 1. The normalized spacial score (nSPS) is 16.6. The van der Waals surface area contributed by atoms with Crippen LogP contribution in [0.25, 0.3) is 11.3 Å². The molecule has 0 radical (unpaired) electrons. The number of amides is 5. The summed E-state index contributed by atoms with van der Waals surface area (Å²) < 4.78 is 192. The average molecular weight is 1630 g/mol. The van der Waals surface area contributed by atoms with Crippen LogP contribution in [0.3, 0.4) is 0 Å². The summed E-state index contributed by atoms with van der Waals surface area (Å²) >= 11 is 0. The van der Waals surface area contributed by atoms with Gasteiger partial charge < -0.3 is 54.7 Å². The Balaban J connectivity index is 1.17. The van der Waals surface area contributed by atoms with Crippen LogP contribution in [0.4, 0.5) is 65.1 Å². The number of alkyl carbamates (subject to hydrolysis) is 2. The Bertz CT molecular complexity index is 4720. The molecule has 5 amide bonds. The first-order valence-electron chi connectivity index (χ1n) is 35.0. The fraction of sp³-hybridized carbons (Fsp3) is 0.446. The first-order valence-corrected chi connectivity index (χ1v) is 36.5. The van der Waals surface area contributed by atoms with Gasteiger partial charge in [0.15, 0.2) is 0 Å². The van der Waals surface area contributed by atoms with Crippen molar-refractivity contribution in [2.24, 2.45) is 10.8 Å². The Morgan fingerprint density at radius 3 is 1.85 bits per heavy atom. The molecule has 612 valence electrons. The van der Waals surface area contributed by atoms with Gasteiger partial charge in [-0.1, -0.05) is 43.9 Å². The molecule has 0 aliphatic carbocycles. The van der Waals surface area contributed by atoms with Crippen molar-refractivity contribution in [3.8, 4) is 34.9 Å². The summed E-state index contributed by atoms with van der Waals surface area (Å²) in [5, 5.41) is 31.9. The molecule has 114 heavy (non-hydrogen) atoms. The van der Waals surface area contributed by atoms with Gasteiger partial charge in [0.2, 0.25) is 17.8 Å². The van der Waals surface area contributed by atoms with Crippen LogP contribution < -0.4 is 36.1 Å². The number of alkyl halides is 8. The zero-order valence-corrected chi connectivity index (χ0v) is 63.4. The predicted octanol–water partition coefficient (Wildman–Crippen LogP) is 9.46. The number of benzene rings is 4. The Labute approximate surface area is 645 Å². The number of carbonyl (C=O) groups excluding carboxylic acids is 6. The Morgan fingerprint density at radius 2 is 1.33 bits per heavy atom. The third-order valence-electron chi connectivity index (χ3n) is 19.7. The van der Waals surface area contributed by atoms with Gasteiger partial charge in [0.1, 0.15) is 35.6 Å². The highest BCUT2D eigenvalue weighted by molar-refractivity contribution is 7.46. The number of hydrogen-bond donors (Lipinski definition) is 8. The first kappa shape index (κ1) is 87.0. The molecule has 8 N–H and O–H groups in total. The highest BCUT2D eigenvalue weighted by Crippen LogP contribution is 2.47. The average Bonchev–Trinajstić information content (AvgIpc) is 1.46. The molecule has 2 unspecified atom stereocenters. The number of hydrazine groups is 1. The second kappa shape index (κ2) is 35.2. The number of piperazine rings is 1. The van der Waals surface area contributed by atoms with E-state index in [1.165, 1.54) is 63.5 Å². The highest BCUT2D eigenvalue weighted by Gasteiger charge is 2.58. The SMILES string of the molecule is COC(=O)N[C@H](C(=O)N[C@@H](Cc1ccc(C#Cc2cnc(N3CC4CCC(C3)N4C3COC3)nc2)cc1)[C@H](CN(Cc1c(F)cc(-c2ccn(C(F)F)n2)cc1F)NC(=O)[C@@H](NC(=O)OC)C(C)(C)C(F)(F)F)OC(=O)CC(C)(C)c1c(CC(=O)Nc2cc(C#N)cc(C(=O)O)c2)cc(C)cc1OP(=O)(O)O)C(C)(C)C(F)(F)F. The van der Waals surface area contributed by atoms with E-state index < -0.39 is 181 Å². The standard InChI is InChI=1S/C74H80F10N13O16P/c1-39-20-45(28-58(98)88-47-23-43(30-85)22-46(25-47)65(102)103)60(56(21-39)113-114(106,107)108)70(2,3)29-59(99)112-57(36-95(93-64(101)62(91-69(105)110-9)72(6,7)74(82,83)84)35-51-52(75)26-44(27-53(51)76)54-18-19-96(92-54)66(77)78)55(89-63(100)61(90-68(104)109-8)71(4,5)73(79,80)81)24-41-13-10-40(11-14-41)12-15-42-31-86-67(87-32-42)94-33-48-16-17-49(34-94)97(48)50-37-111-38-50/h10-11,13-14,18-23,25-27,31-32,48-50,55,57,61-62,66H,16-17,24,28-29,33-38H2,1-9H3,(H,88,98)(H,89,100)(H,90,104)(H,91,105)(H,93,101)(H,102,103)(H2,106,107,108)/t48?,49?,55-,57-,61+,62+/m0/s1. The van der Waals surface area contributed by atoms with Gasteiger partial charge >= 0.3 is 50.8 Å². The number of rotatable bonds is 29. The van der Waals surface area contributed by atoms with Crippen molar-refractivity contribution >= 4 is 61.3 Å². The number of aryl methyl sites for hydroxylation is 1. The predicted molar refractivity (Wildman–Crippen MR) is 383 cm³/mol. The molecule has 9 rings (SSSR count).